The number of benzene rings is 1. The minimum atomic E-state index is -3.47. The number of aromatic nitrogens is 1. The van der Waals surface area contributed by atoms with E-state index in [0.717, 1.165) is 0 Å². The second-order valence-electron chi connectivity index (χ2n) is 7.85. The van der Waals surface area contributed by atoms with Gasteiger partial charge in [-0.15, -0.1) is 0 Å². The number of aliphatic hydroxyl groups is 1. The Bertz CT molecular complexity index is 1050. The Morgan fingerprint density at radius 3 is 2.32 bits per heavy atom. The molecule has 0 unspecified atom stereocenters. The number of alkyl halides is 3. The van der Waals surface area contributed by atoms with Crippen LogP contribution in [0.3, 0.4) is 0 Å². The molecule has 2 aromatic rings. The van der Waals surface area contributed by atoms with E-state index in [1.54, 1.807) is 35.8 Å². The summed E-state index contributed by atoms with van der Waals surface area (Å²) in [4.78, 5) is 15.4. The number of nitrogens with one attached hydrogen (secondary N) is 2. The fourth-order valence-electron chi connectivity index (χ4n) is 3.53. The summed E-state index contributed by atoms with van der Waals surface area (Å²) in [5, 5.41) is 11.6. The third-order valence-corrected chi connectivity index (χ3v) is 7.44. The maximum atomic E-state index is 13.2. The Kier molecular flexibility index (Phi) is 9.00. The van der Waals surface area contributed by atoms with Crippen molar-refractivity contribution in [3.05, 3.63) is 53.9 Å². The van der Waals surface area contributed by atoms with Crippen LogP contribution in [-0.2, 0) is 26.1 Å². The summed E-state index contributed by atoms with van der Waals surface area (Å²) in [6.45, 7) is -0.314. The van der Waals surface area contributed by atoms with Crippen LogP contribution in [0.25, 0.3) is 11.1 Å². The predicted molar refractivity (Wildman–Crippen MR) is 118 cm³/mol. The number of carbonyl (C=O) groups is 1. The topological polar surface area (TPSA) is 118 Å². The van der Waals surface area contributed by atoms with Crippen LogP contribution in [-0.4, -0.2) is 62.0 Å². The van der Waals surface area contributed by atoms with Gasteiger partial charge in [0.05, 0.1) is 23.5 Å². The number of amides is 1. The lowest BCUT2D eigenvalue weighted by atomic mass is 9.99. The van der Waals surface area contributed by atoms with Crippen LogP contribution >= 0.6 is 0 Å². The number of ether oxygens (including phenoxy) is 1. The highest BCUT2D eigenvalue weighted by atomic mass is 32.2. The summed E-state index contributed by atoms with van der Waals surface area (Å²) in [6, 6.07) is 8.19. The standard InChI is InChI=1S/C22H26F3N3O5S/c23-11-19(28-22(30)21(24)25)20(29)15-3-1-14(2-4-15)16-5-6-17(26-12-16)13-27-34(31,32)18-7-9-33-10-8-18/h1-6,12,18-21,27,29H,7-11,13H2,(H,28,30)/t19-,20+/m1/s1. The number of hydrogen-bond donors (Lipinski definition) is 3. The largest absolute Gasteiger partial charge is 0.386 e. The maximum absolute atomic E-state index is 13.2. The summed E-state index contributed by atoms with van der Waals surface area (Å²) in [6.07, 6.45) is -2.34. The normalized spacial score (nSPS) is 16.9. The van der Waals surface area contributed by atoms with Crippen molar-refractivity contribution in [3.63, 3.8) is 0 Å². The molecule has 1 saturated heterocycles. The van der Waals surface area contributed by atoms with Crippen molar-refractivity contribution in [2.24, 2.45) is 0 Å². The van der Waals surface area contributed by atoms with E-state index in [2.05, 4.69) is 9.71 Å². The van der Waals surface area contributed by atoms with Gasteiger partial charge in [0, 0.05) is 25.0 Å². The lowest BCUT2D eigenvalue weighted by Crippen LogP contribution is -2.43. The molecule has 0 aliphatic carbocycles. The summed E-state index contributed by atoms with van der Waals surface area (Å²) in [5.74, 6) is -1.65. The van der Waals surface area contributed by atoms with Crippen molar-refractivity contribution in [2.75, 3.05) is 19.9 Å². The van der Waals surface area contributed by atoms with E-state index in [0.29, 0.717) is 42.9 Å². The predicted octanol–water partition coefficient (Wildman–Crippen LogP) is 2.10. The van der Waals surface area contributed by atoms with E-state index in [4.69, 9.17) is 4.74 Å². The van der Waals surface area contributed by atoms with Gasteiger partial charge in [-0.25, -0.2) is 17.5 Å². The summed E-state index contributed by atoms with van der Waals surface area (Å²) < 4.78 is 70.5. The number of halogens is 3. The summed E-state index contributed by atoms with van der Waals surface area (Å²) in [5.41, 5.74) is 2.20. The molecule has 8 nitrogen and oxygen atoms in total. The van der Waals surface area contributed by atoms with Gasteiger partial charge in [-0.3, -0.25) is 9.78 Å². The van der Waals surface area contributed by atoms with Gasteiger partial charge in [0.1, 0.15) is 12.8 Å². The average molecular weight is 502 g/mol. The van der Waals surface area contributed by atoms with Crippen LogP contribution in [0.4, 0.5) is 13.2 Å². The first-order valence-corrected chi connectivity index (χ1v) is 12.2. The smallest absolute Gasteiger partial charge is 0.315 e. The Morgan fingerprint density at radius 2 is 1.76 bits per heavy atom. The molecule has 12 heteroatoms. The zero-order valence-corrected chi connectivity index (χ0v) is 19.0. The van der Waals surface area contributed by atoms with Gasteiger partial charge in [0.25, 0.3) is 5.91 Å². The van der Waals surface area contributed by atoms with Gasteiger partial charge in [-0.05, 0) is 30.0 Å². The highest BCUT2D eigenvalue weighted by Gasteiger charge is 2.28. The van der Waals surface area contributed by atoms with Crippen LogP contribution in [0.5, 0.6) is 0 Å². The Balaban J connectivity index is 1.60. The lowest BCUT2D eigenvalue weighted by Gasteiger charge is -2.22. The van der Waals surface area contributed by atoms with Gasteiger partial charge in [-0.2, -0.15) is 8.78 Å². The maximum Gasteiger partial charge on any atom is 0.315 e. The van der Waals surface area contributed by atoms with Crippen molar-refractivity contribution >= 4 is 15.9 Å². The number of nitrogens with zero attached hydrogens (tertiary/aromatic N) is 1. The molecule has 186 valence electrons. The van der Waals surface area contributed by atoms with E-state index in [9.17, 15) is 31.5 Å². The van der Waals surface area contributed by atoms with E-state index in [1.165, 1.54) is 12.1 Å². The van der Waals surface area contributed by atoms with Gasteiger partial charge < -0.3 is 15.2 Å². The fourth-order valence-corrected chi connectivity index (χ4v) is 4.93. The third kappa shape index (κ3) is 6.75. The highest BCUT2D eigenvalue weighted by Crippen LogP contribution is 2.24. The fraction of sp³-hybridized carbons (Fsp3) is 0.455. The first-order chi connectivity index (χ1) is 16.2. The molecule has 3 rings (SSSR count). The molecule has 1 aromatic heterocycles. The van der Waals surface area contributed by atoms with Crippen LogP contribution in [0, 0.1) is 0 Å². The SMILES string of the molecule is O=C(N[C@H](CF)[C@@H](O)c1ccc(-c2ccc(CNS(=O)(=O)C3CCOCC3)nc2)cc1)C(F)F. The van der Waals surface area contributed by atoms with Crippen molar-refractivity contribution in [1.29, 1.82) is 0 Å². The molecular formula is C22H26F3N3O5S. The zero-order chi connectivity index (χ0) is 24.7. The second-order valence-corrected chi connectivity index (χ2v) is 9.90. The number of hydrogen-bond acceptors (Lipinski definition) is 6. The average Bonchev–Trinajstić information content (AvgIpc) is 2.86. The second kappa shape index (κ2) is 11.7. The number of aliphatic hydroxyl groups excluding tert-OH is 1. The van der Waals surface area contributed by atoms with Crippen LogP contribution < -0.4 is 10.0 Å². The third-order valence-electron chi connectivity index (χ3n) is 5.55. The minimum absolute atomic E-state index is 0.0556. The van der Waals surface area contributed by atoms with E-state index in [-0.39, 0.29) is 12.1 Å². The van der Waals surface area contributed by atoms with Gasteiger partial charge in [0.15, 0.2) is 0 Å². The molecule has 3 N–H and O–H groups in total. The quantitative estimate of drug-likeness (QED) is 0.459. The number of pyridine rings is 1. The molecule has 1 amide bonds. The molecular weight excluding hydrogens is 475 g/mol. The van der Waals surface area contributed by atoms with Crippen molar-refractivity contribution < 1.29 is 36.2 Å². The minimum Gasteiger partial charge on any atom is -0.386 e. The molecule has 1 aromatic carbocycles. The van der Waals surface area contributed by atoms with Crippen LogP contribution in [0.15, 0.2) is 42.6 Å². The molecule has 2 atom stereocenters. The van der Waals surface area contributed by atoms with Gasteiger partial charge in [-0.1, -0.05) is 30.3 Å². The van der Waals surface area contributed by atoms with Crippen molar-refractivity contribution in [2.45, 2.75) is 43.2 Å². The Morgan fingerprint density at radius 1 is 1.12 bits per heavy atom. The molecule has 0 bridgehead atoms. The number of sulfonamides is 1. The van der Waals surface area contributed by atoms with Crippen molar-refractivity contribution in [3.8, 4) is 11.1 Å². The summed E-state index contributed by atoms with van der Waals surface area (Å²) >= 11 is 0. The van der Waals surface area contributed by atoms with Gasteiger partial charge in [0.2, 0.25) is 10.0 Å². The van der Waals surface area contributed by atoms with Crippen molar-refractivity contribution in [1.82, 2.24) is 15.0 Å². The molecule has 1 aliphatic rings. The highest BCUT2D eigenvalue weighted by molar-refractivity contribution is 7.90. The number of carbonyl (C=O) groups excluding carboxylic acids is 1. The molecule has 2 heterocycles. The van der Waals surface area contributed by atoms with E-state index >= 15 is 0 Å². The van der Waals surface area contributed by atoms with E-state index in [1.807, 2.05) is 0 Å². The molecule has 0 spiro atoms. The monoisotopic (exact) mass is 501 g/mol. The molecule has 0 saturated carbocycles. The Hall–Kier alpha value is -2.54. The molecule has 1 aliphatic heterocycles. The van der Waals surface area contributed by atoms with Crippen LogP contribution in [0.2, 0.25) is 0 Å². The summed E-state index contributed by atoms with van der Waals surface area (Å²) in [7, 11) is -3.47. The first-order valence-electron chi connectivity index (χ1n) is 10.7. The molecule has 34 heavy (non-hydrogen) atoms. The molecule has 1 fully saturated rings. The lowest BCUT2D eigenvalue weighted by molar-refractivity contribution is -0.133. The number of rotatable bonds is 10. The molecule has 0 radical (unpaired) electrons. The zero-order valence-electron chi connectivity index (χ0n) is 18.2. The Labute approximate surface area is 195 Å². The van der Waals surface area contributed by atoms with Gasteiger partial charge >= 0.3 is 6.43 Å². The first kappa shape index (κ1) is 26.1. The van der Waals surface area contributed by atoms with Crippen LogP contribution in [0.1, 0.15) is 30.2 Å². The van der Waals surface area contributed by atoms with E-state index < -0.39 is 46.4 Å².